The van der Waals surface area contributed by atoms with E-state index in [-0.39, 0.29) is 12.2 Å². The van der Waals surface area contributed by atoms with Gasteiger partial charge in [0, 0.05) is 23.4 Å². The molecule has 3 aromatic heterocycles. The second-order valence-electron chi connectivity index (χ2n) is 9.64. The Morgan fingerprint density at radius 2 is 1.89 bits per heavy atom. The van der Waals surface area contributed by atoms with Crippen molar-refractivity contribution in [2.24, 2.45) is 0 Å². The summed E-state index contributed by atoms with van der Waals surface area (Å²) in [5.74, 6) is 2.33. The van der Waals surface area contributed by atoms with Gasteiger partial charge in [-0.1, -0.05) is 18.2 Å². The first-order chi connectivity index (χ1) is 17.2. The molecule has 3 aliphatic rings. The van der Waals surface area contributed by atoms with Crippen LogP contribution in [-0.2, 0) is 16.9 Å². The van der Waals surface area contributed by atoms with E-state index in [4.69, 9.17) is 24.2 Å². The molecular formula is C27H26N4O4. The summed E-state index contributed by atoms with van der Waals surface area (Å²) in [6.07, 6.45) is 4.86. The number of aliphatic hydroxyl groups is 1. The van der Waals surface area contributed by atoms with Crippen LogP contribution in [0.2, 0.25) is 0 Å². The lowest BCUT2D eigenvalue weighted by molar-refractivity contribution is 0.0134. The smallest absolute Gasteiger partial charge is 0.214 e. The minimum absolute atomic E-state index is 0.0840. The third-order valence-electron chi connectivity index (χ3n) is 7.39. The molecule has 8 heteroatoms. The Hall–Kier alpha value is -3.49. The highest BCUT2D eigenvalue weighted by Crippen LogP contribution is 2.44. The van der Waals surface area contributed by atoms with Gasteiger partial charge in [-0.25, -0.2) is 15.0 Å². The summed E-state index contributed by atoms with van der Waals surface area (Å²) in [6, 6.07) is 16.0. The van der Waals surface area contributed by atoms with Crippen molar-refractivity contribution in [3.8, 4) is 22.9 Å². The molecule has 1 spiro atoms. The molecule has 0 amide bonds. The zero-order valence-electron chi connectivity index (χ0n) is 19.3. The number of imidazole rings is 1. The number of hydrogen-bond donors (Lipinski definition) is 1. The topological polar surface area (TPSA) is 91.5 Å². The van der Waals surface area contributed by atoms with Gasteiger partial charge in [0.05, 0.1) is 18.4 Å². The normalized spacial score (nSPS) is 25.3. The molecule has 1 saturated carbocycles. The lowest BCUT2D eigenvalue weighted by Gasteiger charge is -2.34. The molecule has 0 bridgehead atoms. The number of aromatic nitrogens is 4. The van der Waals surface area contributed by atoms with Crippen LogP contribution in [0.4, 0.5) is 0 Å². The summed E-state index contributed by atoms with van der Waals surface area (Å²) in [4.78, 5) is 14.3. The maximum atomic E-state index is 9.77. The molecule has 1 atom stereocenters. The summed E-state index contributed by atoms with van der Waals surface area (Å²) in [6.45, 7) is 1.44. The second kappa shape index (κ2) is 8.03. The molecule has 5 heterocycles. The standard InChI is InChI=1S/C27H26N4O4/c32-18-5-7-19(8-6-18)35-25-13-17(11-12-28-25)21-9-10-22-26(30-21)31-24(29-22)14-33-15-27(31)16-34-23-4-2-1-3-20(23)27/h1-4,9-13,18-19,32H,5-8,14-16H2/t18-,19-,27-/m0/s1. The maximum Gasteiger partial charge on any atom is 0.214 e. The molecule has 7 rings (SSSR count). The van der Waals surface area contributed by atoms with E-state index in [1.165, 1.54) is 0 Å². The fraction of sp³-hybridized carbons (Fsp3) is 0.370. The Morgan fingerprint density at radius 1 is 1.00 bits per heavy atom. The van der Waals surface area contributed by atoms with Crippen LogP contribution >= 0.6 is 0 Å². The van der Waals surface area contributed by atoms with Crippen molar-refractivity contribution in [1.82, 2.24) is 19.5 Å². The number of para-hydroxylation sites is 1. The first kappa shape index (κ1) is 20.8. The predicted molar refractivity (Wildman–Crippen MR) is 128 cm³/mol. The van der Waals surface area contributed by atoms with Gasteiger partial charge in [-0.2, -0.15) is 0 Å². The Balaban J connectivity index is 1.28. The second-order valence-corrected chi connectivity index (χ2v) is 9.64. The minimum atomic E-state index is -0.484. The summed E-state index contributed by atoms with van der Waals surface area (Å²) < 4.78 is 20.4. The van der Waals surface area contributed by atoms with Gasteiger partial charge in [-0.05, 0) is 49.9 Å². The average Bonchev–Trinajstić information content (AvgIpc) is 3.45. The van der Waals surface area contributed by atoms with E-state index in [2.05, 4.69) is 15.6 Å². The van der Waals surface area contributed by atoms with Crippen molar-refractivity contribution < 1.29 is 19.3 Å². The molecule has 35 heavy (non-hydrogen) atoms. The van der Waals surface area contributed by atoms with Crippen molar-refractivity contribution in [2.75, 3.05) is 13.2 Å². The fourth-order valence-corrected chi connectivity index (χ4v) is 5.61. The van der Waals surface area contributed by atoms with E-state index < -0.39 is 5.54 Å². The third-order valence-corrected chi connectivity index (χ3v) is 7.39. The lowest BCUT2D eigenvalue weighted by Crippen LogP contribution is -2.45. The van der Waals surface area contributed by atoms with Crippen molar-refractivity contribution >= 4 is 11.2 Å². The molecule has 4 aromatic rings. The van der Waals surface area contributed by atoms with Crippen LogP contribution < -0.4 is 9.47 Å². The molecule has 0 radical (unpaired) electrons. The highest BCUT2D eigenvalue weighted by atomic mass is 16.5. The Bertz CT molecular complexity index is 1410. The lowest BCUT2D eigenvalue weighted by atomic mass is 9.91. The van der Waals surface area contributed by atoms with Gasteiger partial charge in [0.15, 0.2) is 5.65 Å². The highest BCUT2D eigenvalue weighted by Gasteiger charge is 2.47. The summed E-state index contributed by atoms with van der Waals surface area (Å²) >= 11 is 0. The number of fused-ring (bicyclic) bond motifs is 6. The van der Waals surface area contributed by atoms with Crippen LogP contribution in [0, 0.1) is 0 Å². The summed E-state index contributed by atoms with van der Waals surface area (Å²) in [7, 11) is 0. The molecule has 0 unspecified atom stereocenters. The third kappa shape index (κ3) is 3.39. The molecule has 1 fully saturated rings. The molecule has 8 nitrogen and oxygen atoms in total. The van der Waals surface area contributed by atoms with Crippen molar-refractivity contribution in [2.45, 2.75) is 50.0 Å². The number of aliphatic hydroxyl groups excluding tert-OH is 1. The van der Waals surface area contributed by atoms with Crippen molar-refractivity contribution in [1.29, 1.82) is 0 Å². The number of rotatable bonds is 3. The van der Waals surface area contributed by atoms with Gasteiger partial charge in [0.1, 0.15) is 41.9 Å². The predicted octanol–water partition coefficient (Wildman–Crippen LogP) is 3.84. The number of hydrogen-bond acceptors (Lipinski definition) is 7. The van der Waals surface area contributed by atoms with E-state index in [1.807, 2.05) is 42.5 Å². The SMILES string of the molecule is O[C@H]1CC[C@H](Oc2cc(-c3ccc4nc5n(c4n3)[C@@]3(COC5)COc4ccccc43)ccn2)CC1. The minimum Gasteiger partial charge on any atom is -0.490 e. The number of nitrogens with zero attached hydrogens (tertiary/aromatic N) is 4. The van der Waals surface area contributed by atoms with Crippen LogP contribution in [0.25, 0.3) is 22.4 Å². The largest absolute Gasteiger partial charge is 0.490 e. The molecule has 1 aromatic carbocycles. The van der Waals surface area contributed by atoms with Gasteiger partial charge < -0.3 is 19.3 Å². The van der Waals surface area contributed by atoms with Gasteiger partial charge in [-0.15, -0.1) is 0 Å². The van der Waals surface area contributed by atoms with Crippen molar-refractivity contribution in [3.63, 3.8) is 0 Å². The quantitative estimate of drug-likeness (QED) is 0.486. The number of pyridine rings is 2. The van der Waals surface area contributed by atoms with Crippen LogP contribution in [-0.4, -0.2) is 50.0 Å². The molecule has 2 aliphatic heterocycles. The Labute approximate surface area is 202 Å². The van der Waals surface area contributed by atoms with E-state index in [0.717, 1.165) is 65.2 Å². The van der Waals surface area contributed by atoms with Crippen LogP contribution in [0.1, 0.15) is 37.1 Å². The van der Waals surface area contributed by atoms with Gasteiger partial charge in [0.25, 0.3) is 0 Å². The first-order valence-electron chi connectivity index (χ1n) is 12.2. The molecule has 1 aliphatic carbocycles. The maximum absolute atomic E-state index is 9.77. The molecule has 1 N–H and O–H groups in total. The molecule has 0 saturated heterocycles. The van der Waals surface area contributed by atoms with Crippen LogP contribution in [0.3, 0.4) is 0 Å². The molecular weight excluding hydrogens is 444 g/mol. The Morgan fingerprint density at radius 3 is 2.80 bits per heavy atom. The van der Waals surface area contributed by atoms with Crippen LogP contribution in [0.5, 0.6) is 11.6 Å². The zero-order valence-corrected chi connectivity index (χ0v) is 19.3. The van der Waals surface area contributed by atoms with Gasteiger partial charge in [-0.3, -0.25) is 4.57 Å². The van der Waals surface area contributed by atoms with E-state index in [9.17, 15) is 5.11 Å². The Kier molecular flexibility index (Phi) is 4.78. The van der Waals surface area contributed by atoms with E-state index in [0.29, 0.717) is 25.7 Å². The van der Waals surface area contributed by atoms with Gasteiger partial charge >= 0.3 is 0 Å². The van der Waals surface area contributed by atoms with Crippen LogP contribution in [0.15, 0.2) is 54.7 Å². The zero-order chi connectivity index (χ0) is 23.4. The summed E-state index contributed by atoms with van der Waals surface area (Å²) in [5, 5.41) is 9.77. The van der Waals surface area contributed by atoms with Gasteiger partial charge in [0.2, 0.25) is 5.88 Å². The number of ether oxygens (including phenoxy) is 3. The highest BCUT2D eigenvalue weighted by molar-refractivity contribution is 5.77. The van der Waals surface area contributed by atoms with E-state index in [1.54, 1.807) is 6.20 Å². The molecule has 178 valence electrons. The average molecular weight is 471 g/mol. The monoisotopic (exact) mass is 470 g/mol. The first-order valence-corrected chi connectivity index (χ1v) is 12.2. The van der Waals surface area contributed by atoms with Crippen molar-refractivity contribution in [3.05, 3.63) is 66.1 Å². The number of benzene rings is 1. The summed E-state index contributed by atoms with van der Waals surface area (Å²) in [5.41, 5.74) is 4.05. The fourth-order valence-electron chi connectivity index (χ4n) is 5.61. The van der Waals surface area contributed by atoms with E-state index >= 15 is 0 Å².